The Morgan fingerprint density at radius 2 is 2.33 bits per heavy atom. The average molecular weight is 215 g/mol. The fourth-order valence-corrected chi connectivity index (χ4v) is 1.44. The van der Waals surface area contributed by atoms with Crippen molar-refractivity contribution in [3.63, 3.8) is 0 Å². The van der Waals surface area contributed by atoms with Crippen LogP contribution in [0, 0.1) is 0 Å². The van der Waals surface area contributed by atoms with Crippen molar-refractivity contribution in [3.05, 3.63) is 0 Å². The maximum atomic E-state index is 10.5. The van der Waals surface area contributed by atoms with Crippen LogP contribution in [0.3, 0.4) is 0 Å². The summed E-state index contributed by atoms with van der Waals surface area (Å²) in [5.74, 6) is -0.134. The van der Waals surface area contributed by atoms with E-state index in [2.05, 4.69) is 0 Å². The zero-order valence-corrected chi connectivity index (χ0v) is 8.10. The van der Waals surface area contributed by atoms with Gasteiger partial charge in [-0.2, -0.15) is 0 Å². The Morgan fingerprint density at radius 3 is 2.83 bits per heavy atom. The topological polar surface area (TPSA) is 52.6 Å². The normalized spacial score (nSPS) is 24.6. The number of hydrogen-bond donors (Lipinski definition) is 0. The molecule has 1 aliphatic heterocycles. The van der Waals surface area contributed by atoms with Crippen LogP contribution in [0.4, 0.5) is 0 Å². The predicted octanol–water partition coefficient (Wildman–Crippen LogP) is 0.361. The summed E-state index contributed by atoms with van der Waals surface area (Å²) in [6.07, 6.45) is 0.880. The third-order valence-corrected chi connectivity index (χ3v) is 2.69. The molecular formula is C6H11ClO4S. The molecule has 0 spiro atoms. The fraction of sp³-hybridized carbons (Fsp3) is 1.00. The second kappa shape index (κ2) is 4.41. The fourth-order valence-electron chi connectivity index (χ4n) is 0.959. The summed E-state index contributed by atoms with van der Waals surface area (Å²) in [7, 11) is 1.57. The van der Waals surface area contributed by atoms with Gasteiger partial charge in [0, 0.05) is 17.3 Å². The van der Waals surface area contributed by atoms with Crippen LogP contribution >= 0.6 is 10.7 Å². The minimum atomic E-state index is -3.41. The highest BCUT2D eigenvalue weighted by Gasteiger charge is 2.16. The second-order valence-corrected chi connectivity index (χ2v) is 5.50. The van der Waals surface area contributed by atoms with Crippen LogP contribution in [-0.2, 0) is 18.5 Å². The molecule has 1 heterocycles. The standard InChI is InChI=1S/C6H11ClO4S/c7-12(8,9)4-3-11-6-1-2-10-5-6/h6H,1-5H2/t6-/m1/s1. The molecule has 0 aliphatic carbocycles. The van der Waals surface area contributed by atoms with E-state index >= 15 is 0 Å². The van der Waals surface area contributed by atoms with Gasteiger partial charge in [-0.25, -0.2) is 8.42 Å². The maximum Gasteiger partial charge on any atom is 0.234 e. The molecule has 0 aromatic rings. The molecule has 72 valence electrons. The minimum Gasteiger partial charge on any atom is -0.379 e. The van der Waals surface area contributed by atoms with Gasteiger partial charge in [-0.1, -0.05) is 0 Å². The largest absolute Gasteiger partial charge is 0.379 e. The molecule has 0 bridgehead atoms. The summed E-state index contributed by atoms with van der Waals surface area (Å²) >= 11 is 0. The van der Waals surface area contributed by atoms with Crippen LogP contribution in [0.5, 0.6) is 0 Å². The Labute approximate surface area is 76.2 Å². The van der Waals surface area contributed by atoms with E-state index in [0.29, 0.717) is 13.2 Å². The lowest BCUT2D eigenvalue weighted by atomic mass is 10.3. The van der Waals surface area contributed by atoms with Crippen molar-refractivity contribution in [1.29, 1.82) is 0 Å². The SMILES string of the molecule is O=S(=O)(Cl)CCO[C@@H]1CCOC1. The lowest BCUT2D eigenvalue weighted by molar-refractivity contribution is 0.0521. The van der Waals surface area contributed by atoms with E-state index in [9.17, 15) is 8.42 Å². The quantitative estimate of drug-likeness (QED) is 0.635. The van der Waals surface area contributed by atoms with Crippen LogP contribution in [-0.4, -0.2) is 40.1 Å². The molecule has 0 aromatic carbocycles. The smallest absolute Gasteiger partial charge is 0.234 e. The van der Waals surface area contributed by atoms with E-state index in [1.165, 1.54) is 0 Å². The number of rotatable bonds is 4. The first-order valence-corrected chi connectivity index (χ1v) is 6.17. The van der Waals surface area contributed by atoms with Crippen molar-refractivity contribution in [1.82, 2.24) is 0 Å². The average Bonchev–Trinajstić information content (AvgIpc) is 2.36. The Balaban J connectivity index is 2.09. The Kier molecular flexibility index (Phi) is 3.77. The highest BCUT2D eigenvalue weighted by Crippen LogP contribution is 2.08. The molecule has 1 rings (SSSR count). The van der Waals surface area contributed by atoms with Crippen LogP contribution in [0.25, 0.3) is 0 Å². The summed E-state index contributed by atoms with van der Waals surface area (Å²) in [6.45, 7) is 1.40. The summed E-state index contributed by atoms with van der Waals surface area (Å²) in [5, 5.41) is 0. The Bertz CT molecular complexity index is 220. The van der Waals surface area contributed by atoms with Gasteiger partial charge in [0.05, 0.1) is 25.1 Å². The molecule has 1 aliphatic rings. The second-order valence-electron chi connectivity index (χ2n) is 2.60. The van der Waals surface area contributed by atoms with Crippen molar-refractivity contribution in [2.24, 2.45) is 0 Å². The number of ether oxygens (including phenoxy) is 2. The Morgan fingerprint density at radius 1 is 1.58 bits per heavy atom. The predicted molar refractivity (Wildman–Crippen MR) is 44.8 cm³/mol. The van der Waals surface area contributed by atoms with Crippen molar-refractivity contribution < 1.29 is 17.9 Å². The first kappa shape index (κ1) is 10.2. The van der Waals surface area contributed by atoms with E-state index in [-0.39, 0.29) is 18.5 Å². The van der Waals surface area contributed by atoms with Gasteiger partial charge in [-0.15, -0.1) is 0 Å². The maximum absolute atomic E-state index is 10.5. The first-order valence-electron chi connectivity index (χ1n) is 3.69. The minimum absolute atomic E-state index is 0.0448. The number of halogens is 1. The van der Waals surface area contributed by atoms with Crippen molar-refractivity contribution in [3.8, 4) is 0 Å². The van der Waals surface area contributed by atoms with Gasteiger partial charge in [-0.05, 0) is 6.42 Å². The van der Waals surface area contributed by atoms with Crippen molar-refractivity contribution in [2.75, 3.05) is 25.6 Å². The zero-order valence-electron chi connectivity index (χ0n) is 6.53. The molecular weight excluding hydrogens is 204 g/mol. The lowest BCUT2D eigenvalue weighted by Crippen LogP contribution is -2.16. The third kappa shape index (κ3) is 4.25. The summed E-state index contributed by atoms with van der Waals surface area (Å²) < 4.78 is 31.1. The van der Waals surface area contributed by atoms with Gasteiger partial charge in [0.1, 0.15) is 0 Å². The van der Waals surface area contributed by atoms with Gasteiger partial charge >= 0.3 is 0 Å². The monoisotopic (exact) mass is 214 g/mol. The molecule has 6 heteroatoms. The molecule has 0 unspecified atom stereocenters. The van der Waals surface area contributed by atoms with Crippen LogP contribution in [0.15, 0.2) is 0 Å². The molecule has 12 heavy (non-hydrogen) atoms. The summed E-state index contributed by atoms with van der Waals surface area (Å²) in [5.41, 5.74) is 0. The van der Waals surface area contributed by atoms with E-state index in [0.717, 1.165) is 6.42 Å². The van der Waals surface area contributed by atoms with E-state index in [1.807, 2.05) is 0 Å². The molecule has 4 nitrogen and oxygen atoms in total. The van der Waals surface area contributed by atoms with E-state index in [4.69, 9.17) is 20.2 Å². The summed E-state index contributed by atoms with van der Waals surface area (Å²) in [6, 6.07) is 0. The van der Waals surface area contributed by atoms with E-state index < -0.39 is 9.05 Å². The highest BCUT2D eigenvalue weighted by atomic mass is 35.7. The van der Waals surface area contributed by atoms with Gasteiger partial charge < -0.3 is 9.47 Å². The van der Waals surface area contributed by atoms with Crippen molar-refractivity contribution in [2.45, 2.75) is 12.5 Å². The van der Waals surface area contributed by atoms with E-state index in [1.54, 1.807) is 0 Å². The molecule has 0 aromatic heterocycles. The molecule has 1 atom stereocenters. The van der Waals surface area contributed by atoms with Gasteiger partial charge in [0.25, 0.3) is 0 Å². The van der Waals surface area contributed by atoms with Crippen LogP contribution < -0.4 is 0 Å². The number of hydrogen-bond acceptors (Lipinski definition) is 4. The molecule has 0 radical (unpaired) electrons. The van der Waals surface area contributed by atoms with Gasteiger partial charge in [0.2, 0.25) is 9.05 Å². The first-order chi connectivity index (χ1) is 5.58. The molecule has 1 saturated heterocycles. The van der Waals surface area contributed by atoms with Gasteiger partial charge in [-0.3, -0.25) is 0 Å². The molecule has 0 N–H and O–H groups in total. The highest BCUT2D eigenvalue weighted by molar-refractivity contribution is 8.13. The van der Waals surface area contributed by atoms with Crippen LogP contribution in [0.1, 0.15) is 6.42 Å². The Hall–Kier alpha value is 0.160. The lowest BCUT2D eigenvalue weighted by Gasteiger charge is -2.07. The molecule has 0 saturated carbocycles. The van der Waals surface area contributed by atoms with Crippen LogP contribution in [0.2, 0.25) is 0 Å². The molecule has 0 amide bonds. The van der Waals surface area contributed by atoms with Crippen molar-refractivity contribution >= 4 is 19.7 Å². The van der Waals surface area contributed by atoms with Gasteiger partial charge in [0.15, 0.2) is 0 Å². The molecule has 1 fully saturated rings. The summed E-state index contributed by atoms with van der Waals surface area (Å²) in [4.78, 5) is 0. The third-order valence-electron chi connectivity index (χ3n) is 1.57. The zero-order chi connectivity index (χ0) is 9.03.